The summed E-state index contributed by atoms with van der Waals surface area (Å²) >= 11 is 6.10. The molecule has 3 heteroatoms. The Labute approximate surface area is 111 Å². The van der Waals surface area contributed by atoms with Crippen LogP contribution in [-0.4, -0.2) is 10.1 Å². The molecule has 0 spiro atoms. The second-order valence-electron chi connectivity index (χ2n) is 4.36. The Morgan fingerprint density at radius 3 is 3.00 bits per heavy atom. The first-order valence-electron chi connectivity index (χ1n) is 5.82. The van der Waals surface area contributed by atoms with Crippen LogP contribution in [0, 0.1) is 0 Å². The minimum Gasteiger partial charge on any atom is -0.384 e. The molecule has 1 N–H and O–H groups in total. The summed E-state index contributed by atoms with van der Waals surface area (Å²) in [6, 6.07) is 7.46. The van der Waals surface area contributed by atoms with Gasteiger partial charge >= 0.3 is 0 Å². The van der Waals surface area contributed by atoms with Crippen molar-refractivity contribution in [3.8, 4) is 0 Å². The van der Waals surface area contributed by atoms with Gasteiger partial charge in [-0.15, -0.1) is 0 Å². The summed E-state index contributed by atoms with van der Waals surface area (Å²) in [5.74, 6) is 0. The molecule has 0 saturated heterocycles. The number of halogens is 1. The maximum absolute atomic E-state index is 10.5. The fourth-order valence-electron chi connectivity index (χ4n) is 2.33. The van der Waals surface area contributed by atoms with Crippen molar-refractivity contribution in [2.24, 2.45) is 0 Å². The fourth-order valence-corrected chi connectivity index (χ4v) is 2.56. The molecule has 1 atom stereocenters. The second kappa shape index (κ2) is 4.56. The minimum atomic E-state index is -0.675. The predicted octanol–water partition coefficient (Wildman–Crippen LogP) is 3.39. The smallest absolute Gasteiger partial charge is 0.106 e. The Morgan fingerprint density at radius 1 is 1.33 bits per heavy atom. The van der Waals surface area contributed by atoms with Crippen LogP contribution >= 0.6 is 11.6 Å². The maximum atomic E-state index is 10.5. The summed E-state index contributed by atoms with van der Waals surface area (Å²) in [5.41, 5.74) is 3.90. The zero-order chi connectivity index (χ0) is 12.5. The third-order valence-electron chi connectivity index (χ3n) is 3.20. The molecule has 1 aliphatic rings. The van der Waals surface area contributed by atoms with Gasteiger partial charge < -0.3 is 5.11 Å². The minimum absolute atomic E-state index is 0.651. The van der Waals surface area contributed by atoms with E-state index in [9.17, 15) is 5.11 Å². The number of hydrogen-bond donors (Lipinski definition) is 1. The molecule has 1 aromatic heterocycles. The van der Waals surface area contributed by atoms with Crippen molar-refractivity contribution in [3.05, 3.63) is 70.0 Å². The molecule has 1 unspecified atom stereocenters. The van der Waals surface area contributed by atoms with Crippen LogP contribution in [0.25, 0.3) is 6.08 Å². The number of hydrogen-bond acceptors (Lipinski definition) is 2. The Kier molecular flexibility index (Phi) is 2.90. The number of pyridine rings is 1. The van der Waals surface area contributed by atoms with E-state index in [2.05, 4.69) is 11.1 Å². The number of fused-ring (bicyclic) bond motifs is 1. The van der Waals surface area contributed by atoms with Crippen molar-refractivity contribution < 1.29 is 5.11 Å². The molecule has 1 heterocycles. The Hall–Kier alpha value is -1.64. The van der Waals surface area contributed by atoms with E-state index in [1.807, 2.05) is 30.3 Å². The van der Waals surface area contributed by atoms with E-state index in [0.29, 0.717) is 5.02 Å². The lowest BCUT2D eigenvalue weighted by Gasteiger charge is -2.16. The lowest BCUT2D eigenvalue weighted by molar-refractivity contribution is 0.219. The number of allylic oxidation sites excluding steroid dienone is 1. The standard InChI is InChI=1S/C15H12ClNO/c16-12-7-10-3-1-5-13(10)14(8-12)15(18)11-4-2-6-17-9-11/h1-4,6-9,15,18H,5H2. The van der Waals surface area contributed by atoms with Gasteiger partial charge in [0.2, 0.25) is 0 Å². The van der Waals surface area contributed by atoms with Crippen LogP contribution in [0.3, 0.4) is 0 Å². The molecule has 2 aromatic rings. The average molecular weight is 258 g/mol. The highest BCUT2D eigenvalue weighted by Crippen LogP contribution is 2.33. The molecule has 3 rings (SSSR count). The second-order valence-corrected chi connectivity index (χ2v) is 4.79. The first-order valence-corrected chi connectivity index (χ1v) is 6.20. The van der Waals surface area contributed by atoms with Gasteiger partial charge in [-0.25, -0.2) is 0 Å². The quantitative estimate of drug-likeness (QED) is 0.895. The van der Waals surface area contributed by atoms with Gasteiger partial charge in [-0.3, -0.25) is 4.98 Å². The van der Waals surface area contributed by atoms with Gasteiger partial charge in [-0.05, 0) is 41.3 Å². The van der Waals surface area contributed by atoms with Gasteiger partial charge in [0.15, 0.2) is 0 Å². The van der Waals surface area contributed by atoms with E-state index in [0.717, 1.165) is 28.7 Å². The van der Waals surface area contributed by atoms with Gasteiger partial charge in [0.05, 0.1) is 0 Å². The molecular formula is C15H12ClNO. The predicted molar refractivity (Wildman–Crippen MR) is 72.5 cm³/mol. The summed E-state index contributed by atoms with van der Waals surface area (Å²) in [7, 11) is 0. The number of benzene rings is 1. The van der Waals surface area contributed by atoms with Gasteiger partial charge in [0.25, 0.3) is 0 Å². The van der Waals surface area contributed by atoms with E-state index in [-0.39, 0.29) is 0 Å². The first kappa shape index (κ1) is 11.5. The van der Waals surface area contributed by atoms with E-state index in [4.69, 9.17) is 11.6 Å². The van der Waals surface area contributed by atoms with Crippen LogP contribution in [0.15, 0.2) is 42.7 Å². The maximum Gasteiger partial charge on any atom is 0.106 e. The summed E-state index contributed by atoms with van der Waals surface area (Å²) in [6.07, 6.45) is 7.67. The van der Waals surface area contributed by atoms with Crippen molar-refractivity contribution in [1.29, 1.82) is 0 Å². The number of aliphatic hydroxyl groups excluding tert-OH is 1. The van der Waals surface area contributed by atoms with Crippen molar-refractivity contribution in [2.75, 3.05) is 0 Å². The first-order chi connectivity index (χ1) is 8.75. The normalized spacial score (nSPS) is 14.6. The third-order valence-corrected chi connectivity index (χ3v) is 3.42. The van der Waals surface area contributed by atoms with Gasteiger partial charge in [0.1, 0.15) is 6.10 Å². The highest BCUT2D eigenvalue weighted by atomic mass is 35.5. The van der Waals surface area contributed by atoms with Crippen molar-refractivity contribution >= 4 is 17.7 Å². The van der Waals surface area contributed by atoms with E-state index in [1.165, 1.54) is 0 Å². The molecule has 18 heavy (non-hydrogen) atoms. The molecule has 2 nitrogen and oxygen atoms in total. The molecule has 1 aromatic carbocycles. The molecule has 90 valence electrons. The topological polar surface area (TPSA) is 33.1 Å². The molecule has 0 amide bonds. The van der Waals surface area contributed by atoms with Gasteiger partial charge in [-0.1, -0.05) is 29.8 Å². The van der Waals surface area contributed by atoms with Crippen LogP contribution in [0.2, 0.25) is 5.02 Å². The summed E-state index contributed by atoms with van der Waals surface area (Å²) < 4.78 is 0. The Morgan fingerprint density at radius 2 is 2.22 bits per heavy atom. The highest BCUT2D eigenvalue weighted by molar-refractivity contribution is 6.30. The van der Waals surface area contributed by atoms with Crippen LogP contribution in [-0.2, 0) is 6.42 Å². The van der Waals surface area contributed by atoms with Gasteiger partial charge in [0, 0.05) is 23.0 Å². The summed E-state index contributed by atoms with van der Waals surface area (Å²) in [6.45, 7) is 0. The molecule has 0 radical (unpaired) electrons. The monoisotopic (exact) mass is 257 g/mol. The summed E-state index contributed by atoms with van der Waals surface area (Å²) in [4.78, 5) is 4.04. The average Bonchev–Trinajstić information content (AvgIpc) is 2.86. The molecule has 0 saturated carbocycles. The number of nitrogens with zero attached hydrogens (tertiary/aromatic N) is 1. The lowest BCUT2D eigenvalue weighted by atomic mass is 9.95. The van der Waals surface area contributed by atoms with E-state index in [1.54, 1.807) is 12.4 Å². The number of rotatable bonds is 2. The van der Waals surface area contributed by atoms with Crippen LogP contribution < -0.4 is 0 Å². The highest BCUT2D eigenvalue weighted by Gasteiger charge is 2.19. The largest absolute Gasteiger partial charge is 0.384 e. The van der Waals surface area contributed by atoms with Gasteiger partial charge in [-0.2, -0.15) is 0 Å². The number of aliphatic hydroxyl groups is 1. The third kappa shape index (κ3) is 1.94. The fraction of sp³-hybridized carbons (Fsp3) is 0.133. The van der Waals surface area contributed by atoms with Crippen molar-refractivity contribution in [1.82, 2.24) is 4.98 Å². The van der Waals surface area contributed by atoms with Crippen LogP contribution in [0.5, 0.6) is 0 Å². The summed E-state index contributed by atoms with van der Waals surface area (Å²) in [5, 5.41) is 11.1. The SMILES string of the molecule is OC(c1cccnc1)c1cc(Cl)cc2c1CC=C2. The zero-order valence-electron chi connectivity index (χ0n) is 9.68. The Balaban J connectivity index is 2.08. The zero-order valence-corrected chi connectivity index (χ0v) is 10.4. The molecule has 1 aliphatic carbocycles. The lowest BCUT2D eigenvalue weighted by Crippen LogP contribution is -2.04. The number of aromatic nitrogens is 1. The molecular weight excluding hydrogens is 246 g/mol. The Bertz CT molecular complexity index is 607. The molecule has 0 aliphatic heterocycles. The van der Waals surface area contributed by atoms with Crippen molar-refractivity contribution in [3.63, 3.8) is 0 Å². The van der Waals surface area contributed by atoms with E-state index >= 15 is 0 Å². The molecule has 0 bridgehead atoms. The van der Waals surface area contributed by atoms with Crippen molar-refractivity contribution in [2.45, 2.75) is 12.5 Å². The van der Waals surface area contributed by atoms with Crippen LogP contribution in [0.4, 0.5) is 0 Å². The van der Waals surface area contributed by atoms with E-state index < -0.39 is 6.10 Å². The molecule has 0 fully saturated rings. The van der Waals surface area contributed by atoms with Crippen LogP contribution in [0.1, 0.15) is 28.4 Å².